The van der Waals surface area contributed by atoms with Gasteiger partial charge in [0.05, 0.1) is 48.6 Å². The van der Waals surface area contributed by atoms with Gasteiger partial charge in [-0.3, -0.25) is 4.79 Å². The van der Waals surface area contributed by atoms with Gasteiger partial charge in [-0.05, 0) is 156 Å². The highest BCUT2D eigenvalue weighted by atomic mass is 35.5. The molecule has 6 aromatic carbocycles. The molecule has 106 heavy (non-hydrogen) atoms. The molecular weight excluding hydrogens is 1430 g/mol. The van der Waals surface area contributed by atoms with Gasteiger partial charge in [-0.1, -0.05) is 162 Å². The molecule has 1 aliphatic heterocycles. The molecular formula is C80H85Cl5N20O. The number of fused-ring (bicyclic) bond motifs is 1. The lowest BCUT2D eigenvalue weighted by molar-refractivity contribution is -0.127. The van der Waals surface area contributed by atoms with Crippen molar-refractivity contribution in [1.82, 2.24) is 59.7 Å². The summed E-state index contributed by atoms with van der Waals surface area (Å²) in [6.45, 7) is 13.0. The van der Waals surface area contributed by atoms with Crippen molar-refractivity contribution in [2.45, 2.75) is 105 Å². The van der Waals surface area contributed by atoms with E-state index in [9.17, 15) is 4.79 Å². The Morgan fingerprint density at radius 3 is 1.40 bits per heavy atom. The molecule has 2 saturated carbocycles. The summed E-state index contributed by atoms with van der Waals surface area (Å²) in [5, 5.41) is 14.6. The van der Waals surface area contributed by atoms with Crippen molar-refractivity contribution in [3.05, 3.63) is 222 Å². The fraction of sp³-hybridized carbons (Fsp3) is 0.263. The smallest absolute Gasteiger partial charge is 0.222 e. The second-order valence-corrected chi connectivity index (χ2v) is 28.1. The van der Waals surface area contributed by atoms with E-state index in [4.69, 9.17) is 86.7 Å². The van der Waals surface area contributed by atoms with Crippen LogP contribution in [0.15, 0.2) is 158 Å². The molecule has 21 nitrogen and oxygen atoms in total. The molecule has 15 rings (SSSR count). The van der Waals surface area contributed by atoms with Gasteiger partial charge in [0.1, 0.15) is 17.5 Å². The number of benzene rings is 6. The Morgan fingerprint density at radius 1 is 0.481 bits per heavy atom. The number of H-pyrrole nitrogens is 1. The molecule has 0 unspecified atom stereocenters. The number of nitrogen functional groups attached to an aromatic ring is 5. The Morgan fingerprint density at radius 2 is 0.915 bits per heavy atom. The summed E-state index contributed by atoms with van der Waals surface area (Å²) < 4.78 is 0. The van der Waals surface area contributed by atoms with Gasteiger partial charge >= 0.3 is 0 Å². The van der Waals surface area contributed by atoms with Gasteiger partial charge in [-0.25, -0.2) is 34.9 Å². The largest absolute Gasteiger partial charge is 0.370 e. The SMILES string of the molecule is CCc1cc(-c2cccc(C)c2Cl)nc(N)n1.Cc1cccc(-c2cc(CC3CC3)nc(N)n2)c1Cl.Cc1cccc(-c2cc(NCCCN3CCCC3=O)nc(N)n2)c1Cl.Cc1cccc(-c2cc(NCCc3ccc(Cl)cc3)nc(N)n2)c1Cl.Nc1nc(NC2CC2)cc(-c2cccc3[nH]ccc23)n1. The minimum absolute atomic E-state index is 0.201. The van der Waals surface area contributed by atoms with E-state index in [1.54, 1.807) is 0 Å². The molecule has 3 aliphatic rings. The van der Waals surface area contributed by atoms with E-state index in [2.05, 4.69) is 82.9 Å². The first-order valence-corrected chi connectivity index (χ1v) is 37.1. The number of hydrogen-bond donors (Lipinski definition) is 9. The number of likely N-dealkylation sites (tertiary alicyclic amines) is 1. The second kappa shape index (κ2) is 36.0. The zero-order chi connectivity index (χ0) is 75.0. The first-order valence-electron chi connectivity index (χ1n) is 35.2. The molecule has 0 spiro atoms. The third kappa shape index (κ3) is 21.2. The van der Waals surface area contributed by atoms with Gasteiger partial charge in [0.2, 0.25) is 35.6 Å². The van der Waals surface area contributed by atoms with E-state index >= 15 is 0 Å². The first kappa shape index (κ1) is 76.7. The lowest BCUT2D eigenvalue weighted by Crippen LogP contribution is -2.27. The average Bonchev–Trinajstić information content (AvgIpc) is 1.73. The zero-order valence-electron chi connectivity index (χ0n) is 59.7. The van der Waals surface area contributed by atoms with Crippen molar-refractivity contribution < 1.29 is 4.79 Å². The van der Waals surface area contributed by atoms with Crippen LogP contribution < -0.4 is 44.6 Å². The average molecular weight is 1520 g/mol. The maximum Gasteiger partial charge on any atom is 0.222 e. The Bertz CT molecular complexity index is 5050. The van der Waals surface area contributed by atoms with Crippen LogP contribution in [0.2, 0.25) is 25.1 Å². The van der Waals surface area contributed by atoms with Gasteiger partial charge in [-0.15, -0.1) is 0 Å². The number of halogens is 5. The van der Waals surface area contributed by atoms with Gasteiger partial charge < -0.3 is 54.5 Å². The van der Waals surface area contributed by atoms with Crippen molar-refractivity contribution in [3.8, 4) is 56.3 Å². The number of aromatic nitrogens is 11. The number of anilines is 8. The first-order chi connectivity index (χ1) is 51.1. The summed E-state index contributed by atoms with van der Waals surface area (Å²) in [6.07, 6.45) is 12.1. The number of nitrogens with two attached hydrogens (primary N) is 5. The van der Waals surface area contributed by atoms with Crippen molar-refractivity contribution >= 4 is 122 Å². The van der Waals surface area contributed by atoms with Crippen LogP contribution in [0.1, 0.15) is 91.1 Å². The number of rotatable bonds is 19. The third-order valence-electron chi connectivity index (χ3n) is 17.8. The van der Waals surface area contributed by atoms with Gasteiger partial charge in [0.25, 0.3) is 0 Å². The van der Waals surface area contributed by atoms with Crippen LogP contribution in [0.4, 0.5) is 47.2 Å². The fourth-order valence-corrected chi connectivity index (χ4v) is 12.8. The highest BCUT2D eigenvalue weighted by Crippen LogP contribution is 2.37. The lowest BCUT2D eigenvalue weighted by atomic mass is 10.1. The summed E-state index contributed by atoms with van der Waals surface area (Å²) in [7, 11) is 0. The fourth-order valence-electron chi connectivity index (χ4n) is 11.8. The maximum absolute atomic E-state index is 11.6. The number of amides is 1. The summed E-state index contributed by atoms with van der Waals surface area (Å²) in [4.78, 5) is 59.5. The van der Waals surface area contributed by atoms with E-state index in [1.807, 2.05) is 185 Å². The quantitative estimate of drug-likeness (QED) is 0.0340. The Labute approximate surface area is 642 Å². The Kier molecular flexibility index (Phi) is 26.1. The predicted molar refractivity (Wildman–Crippen MR) is 435 cm³/mol. The molecule has 546 valence electrons. The van der Waals surface area contributed by atoms with Crippen molar-refractivity contribution in [3.63, 3.8) is 0 Å². The number of nitrogens with zero attached hydrogens (tertiary/aromatic N) is 11. The molecule has 6 aromatic heterocycles. The van der Waals surface area contributed by atoms with Crippen LogP contribution >= 0.6 is 58.0 Å². The Hall–Kier alpha value is -10.4. The molecule has 7 heterocycles. The van der Waals surface area contributed by atoms with Crippen molar-refractivity contribution in [1.29, 1.82) is 0 Å². The van der Waals surface area contributed by atoms with Crippen LogP contribution in [0.25, 0.3) is 67.2 Å². The molecule has 26 heteroatoms. The molecule has 0 atom stereocenters. The molecule has 14 N–H and O–H groups in total. The standard InChI is InChI=1S/C19H18Cl2N4.C18H22ClN5O.C15H16ClN3.C15H15N5.C13H14ClN3/c1-12-3-2-4-15(18(12)21)16-11-17(25-19(22)24-16)23-10-9-13-5-7-14(20)8-6-13;1-12-5-2-6-13(17(12)19)14-11-15(23-18(20)22-14)21-8-4-10-24-9-3-7-16(24)25;1-9-3-2-4-12(14(9)16)13-8-11(7-10-5-6-10)18-15(17)19-13;16-15-19-13(8-14(20-15)18-9-4-5-9)10-2-1-3-12-11(10)6-7-17-12;1-3-9-7-11(17-13(15)16-9)10-6-4-5-8(2)12(10)14/h2-8,11H,9-10H2,1H3,(H3,22,23,24,25);2,5-6,11H,3-4,7-10H2,1H3,(H3,20,21,22,23);2-4,8,10H,5-7H2,1H3,(H2,17,18,19);1-3,6-9,17H,4-5H2,(H3,16,18,19,20);4-7H,3H2,1-2H3,(H2,15,16,17). The van der Waals surface area contributed by atoms with E-state index in [0.717, 1.165) is 163 Å². The van der Waals surface area contributed by atoms with E-state index < -0.39 is 0 Å². The summed E-state index contributed by atoms with van der Waals surface area (Å²) in [5.41, 5.74) is 45.8. The number of carbonyl (C=O) groups is 1. The van der Waals surface area contributed by atoms with Gasteiger partial charge in [0.15, 0.2) is 0 Å². The minimum atomic E-state index is 0.201. The van der Waals surface area contributed by atoms with Crippen LogP contribution in [0.3, 0.4) is 0 Å². The molecule has 1 saturated heterocycles. The lowest BCUT2D eigenvalue weighted by Gasteiger charge is -2.15. The third-order valence-corrected chi connectivity index (χ3v) is 20.0. The molecule has 2 aliphatic carbocycles. The number of aromatic amines is 1. The number of hydrogen-bond acceptors (Lipinski definition) is 19. The van der Waals surface area contributed by atoms with E-state index in [1.165, 1.54) is 31.2 Å². The van der Waals surface area contributed by atoms with Gasteiger partial charge in [-0.2, -0.15) is 15.0 Å². The van der Waals surface area contributed by atoms with Crippen molar-refractivity contribution in [2.75, 3.05) is 70.8 Å². The van der Waals surface area contributed by atoms with E-state index in [0.29, 0.717) is 69.0 Å². The summed E-state index contributed by atoms with van der Waals surface area (Å²) >= 11 is 31.3. The highest BCUT2D eigenvalue weighted by molar-refractivity contribution is 6.35. The zero-order valence-corrected chi connectivity index (χ0v) is 63.4. The highest BCUT2D eigenvalue weighted by Gasteiger charge is 2.25. The normalized spacial score (nSPS) is 12.9. The molecule has 0 bridgehead atoms. The monoisotopic (exact) mass is 1520 g/mol. The summed E-state index contributed by atoms with van der Waals surface area (Å²) in [6, 6.07) is 49.6. The van der Waals surface area contributed by atoms with Crippen LogP contribution in [0, 0.1) is 33.6 Å². The van der Waals surface area contributed by atoms with E-state index in [-0.39, 0.29) is 23.8 Å². The molecule has 0 radical (unpaired) electrons. The van der Waals surface area contributed by atoms with Crippen LogP contribution in [-0.4, -0.2) is 97.9 Å². The van der Waals surface area contributed by atoms with Crippen LogP contribution in [0.5, 0.6) is 0 Å². The molecule has 1 amide bonds. The Balaban J connectivity index is 0.000000133. The molecule has 3 fully saturated rings. The topological polar surface area (TPSA) is 331 Å². The minimum Gasteiger partial charge on any atom is -0.370 e. The number of nitrogens with one attached hydrogen (secondary N) is 4. The van der Waals surface area contributed by atoms with Gasteiger partial charge in [0, 0.05) is 118 Å². The maximum atomic E-state index is 11.6. The molecule has 12 aromatic rings. The second-order valence-electron chi connectivity index (χ2n) is 26.2. The number of carbonyl (C=O) groups excluding carboxylic acids is 1. The van der Waals surface area contributed by atoms with Crippen LogP contribution in [-0.2, 0) is 24.1 Å². The predicted octanol–water partition coefficient (Wildman–Crippen LogP) is 17.8. The van der Waals surface area contributed by atoms with Crippen molar-refractivity contribution in [2.24, 2.45) is 5.92 Å². The number of aryl methyl sites for hydroxylation is 5. The summed E-state index contributed by atoms with van der Waals surface area (Å²) in [5.74, 6) is 4.50.